The minimum Gasteiger partial charge on any atom is -0.343 e. The van der Waals surface area contributed by atoms with Crippen molar-refractivity contribution in [2.75, 3.05) is 20.1 Å². The summed E-state index contributed by atoms with van der Waals surface area (Å²) in [7, 11) is 2.00. The van der Waals surface area contributed by atoms with E-state index in [0.29, 0.717) is 6.04 Å². The number of amides is 1. The highest BCUT2D eigenvalue weighted by molar-refractivity contribution is 5.73. The number of carbonyl (C=O) groups excluding carboxylic acids is 1. The lowest BCUT2D eigenvalue weighted by molar-refractivity contribution is -0.130. The van der Waals surface area contributed by atoms with E-state index >= 15 is 0 Å². The number of hydrogen-bond donors (Lipinski definition) is 1. The number of nitrogens with one attached hydrogen (secondary N) is 1. The van der Waals surface area contributed by atoms with Gasteiger partial charge < -0.3 is 10.2 Å². The van der Waals surface area contributed by atoms with Crippen LogP contribution in [0.2, 0.25) is 0 Å². The molecule has 1 fully saturated rings. The van der Waals surface area contributed by atoms with Gasteiger partial charge in [-0.25, -0.2) is 0 Å². The van der Waals surface area contributed by atoms with Crippen molar-refractivity contribution >= 4 is 5.91 Å². The Bertz CT molecular complexity index is 174. The summed E-state index contributed by atoms with van der Waals surface area (Å²) < 4.78 is 0. The summed E-state index contributed by atoms with van der Waals surface area (Å²) in [6.07, 6.45) is 2.28. The summed E-state index contributed by atoms with van der Waals surface area (Å²) in [5, 5.41) is 3.28. The van der Waals surface area contributed by atoms with Crippen LogP contribution in [0, 0.1) is 5.92 Å². The first kappa shape index (κ1) is 10.5. The van der Waals surface area contributed by atoms with Crippen molar-refractivity contribution in [1.82, 2.24) is 10.2 Å². The average molecular weight is 184 g/mol. The highest BCUT2D eigenvalue weighted by Crippen LogP contribution is 2.20. The van der Waals surface area contributed by atoms with Gasteiger partial charge in [0.05, 0.1) is 0 Å². The van der Waals surface area contributed by atoms with Crippen LogP contribution in [-0.4, -0.2) is 37.0 Å². The Morgan fingerprint density at radius 2 is 2.00 bits per heavy atom. The van der Waals surface area contributed by atoms with Gasteiger partial charge in [-0.15, -0.1) is 0 Å². The van der Waals surface area contributed by atoms with Gasteiger partial charge in [0.15, 0.2) is 0 Å². The second kappa shape index (κ2) is 4.61. The second-order valence-corrected chi connectivity index (χ2v) is 3.92. The zero-order chi connectivity index (χ0) is 9.84. The predicted octanol–water partition coefficient (Wildman–Crippen LogP) is 0.853. The van der Waals surface area contributed by atoms with E-state index in [2.05, 4.69) is 12.2 Å². The van der Waals surface area contributed by atoms with E-state index in [4.69, 9.17) is 0 Å². The van der Waals surface area contributed by atoms with Gasteiger partial charge in [0.1, 0.15) is 0 Å². The molecule has 1 rings (SSSR count). The van der Waals surface area contributed by atoms with Crippen molar-refractivity contribution in [1.29, 1.82) is 0 Å². The van der Waals surface area contributed by atoms with Gasteiger partial charge in [-0.05, 0) is 32.7 Å². The molecule has 1 N–H and O–H groups in total. The van der Waals surface area contributed by atoms with Crippen LogP contribution in [0.15, 0.2) is 0 Å². The van der Waals surface area contributed by atoms with Crippen molar-refractivity contribution in [3.05, 3.63) is 0 Å². The Labute approximate surface area is 80.5 Å². The first-order valence-electron chi connectivity index (χ1n) is 5.08. The zero-order valence-corrected chi connectivity index (χ0v) is 8.84. The van der Waals surface area contributed by atoms with Crippen LogP contribution >= 0.6 is 0 Å². The summed E-state index contributed by atoms with van der Waals surface area (Å²) in [5.41, 5.74) is 0. The molecule has 0 aromatic rings. The maximum Gasteiger partial charge on any atom is 0.219 e. The maximum atomic E-state index is 11.1. The molecule has 13 heavy (non-hydrogen) atoms. The number of nitrogens with zero attached hydrogens (tertiary/aromatic N) is 1. The SMILES string of the molecule is CNC(C)C1CCN(C(C)=O)CC1. The van der Waals surface area contributed by atoms with Crippen LogP contribution in [0.5, 0.6) is 0 Å². The predicted molar refractivity (Wildman–Crippen MR) is 53.5 cm³/mol. The molecule has 1 heterocycles. The minimum absolute atomic E-state index is 0.218. The van der Waals surface area contributed by atoms with Crippen LogP contribution in [0.25, 0.3) is 0 Å². The summed E-state index contributed by atoms with van der Waals surface area (Å²) in [6, 6.07) is 0.578. The Hall–Kier alpha value is -0.570. The monoisotopic (exact) mass is 184 g/mol. The molecule has 1 atom stereocenters. The average Bonchev–Trinajstić information content (AvgIpc) is 2.17. The lowest BCUT2D eigenvalue weighted by Gasteiger charge is -2.34. The molecule has 3 nitrogen and oxygen atoms in total. The summed E-state index contributed by atoms with van der Waals surface area (Å²) in [6.45, 7) is 5.74. The highest BCUT2D eigenvalue weighted by Gasteiger charge is 2.23. The Morgan fingerprint density at radius 3 is 2.38 bits per heavy atom. The van der Waals surface area contributed by atoms with E-state index in [1.54, 1.807) is 6.92 Å². The number of likely N-dealkylation sites (tertiary alicyclic amines) is 1. The van der Waals surface area contributed by atoms with Crippen molar-refractivity contribution in [2.24, 2.45) is 5.92 Å². The third-order valence-electron chi connectivity index (χ3n) is 3.15. The number of piperidine rings is 1. The third-order valence-corrected chi connectivity index (χ3v) is 3.15. The lowest BCUT2D eigenvalue weighted by Crippen LogP contribution is -2.42. The molecule has 3 heteroatoms. The number of rotatable bonds is 2. The molecule has 0 saturated carbocycles. The molecule has 0 bridgehead atoms. The highest BCUT2D eigenvalue weighted by atomic mass is 16.2. The summed E-state index contributed by atoms with van der Waals surface area (Å²) >= 11 is 0. The maximum absolute atomic E-state index is 11.1. The van der Waals surface area contributed by atoms with Crippen LogP contribution in [-0.2, 0) is 4.79 Å². The lowest BCUT2D eigenvalue weighted by atomic mass is 9.90. The van der Waals surface area contributed by atoms with Gasteiger partial charge in [-0.1, -0.05) is 0 Å². The molecule has 76 valence electrons. The van der Waals surface area contributed by atoms with Crippen molar-refractivity contribution in [3.8, 4) is 0 Å². The van der Waals surface area contributed by atoms with E-state index in [1.165, 1.54) is 0 Å². The molecule has 0 aromatic carbocycles. The van der Waals surface area contributed by atoms with Gasteiger partial charge in [-0.2, -0.15) is 0 Å². The van der Waals surface area contributed by atoms with Crippen LogP contribution < -0.4 is 5.32 Å². The standard InChI is InChI=1S/C10H20N2O/c1-8(11-3)10-4-6-12(7-5-10)9(2)13/h8,10-11H,4-7H2,1-3H3. The van der Waals surface area contributed by atoms with E-state index in [0.717, 1.165) is 31.8 Å². The molecule has 1 saturated heterocycles. The van der Waals surface area contributed by atoms with Crippen molar-refractivity contribution in [3.63, 3.8) is 0 Å². The normalized spacial score (nSPS) is 21.6. The molecule has 0 radical (unpaired) electrons. The molecular weight excluding hydrogens is 164 g/mol. The molecule has 0 aromatic heterocycles. The van der Waals surface area contributed by atoms with Gasteiger partial charge >= 0.3 is 0 Å². The van der Waals surface area contributed by atoms with Crippen LogP contribution in [0.3, 0.4) is 0 Å². The molecule has 1 unspecified atom stereocenters. The Morgan fingerprint density at radius 1 is 1.46 bits per heavy atom. The summed E-state index contributed by atoms with van der Waals surface area (Å²) in [5.74, 6) is 0.955. The molecule has 1 aliphatic heterocycles. The van der Waals surface area contributed by atoms with Crippen molar-refractivity contribution < 1.29 is 4.79 Å². The zero-order valence-electron chi connectivity index (χ0n) is 8.84. The van der Waals surface area contributed by atoms with Crippen LogP contribution in [0.1, 0.15) is 26.7 Å². The Kier molecular flexibility index (Phi) is 3.72. The Balaban J connectivity index is 2.34. The largest absolute Gasteiger partial charge is 0.343 e. The van der Waals surface area contributed by atoms with E-state index in [9.17, 15) is 4.79 Å². The van der Waals surface area contributed by atoms with Gasteiger partial charge in [0.2, 0.25) is 5.91 Å². The smallest absolute Gasteiger partial charge is 0.219 e. The molecule has 1 aliphatic rings. The molecule has 0 aliphatic carbocycles. The van der Waals surface area contributed by atoms with Gasteiger partial charge in [0, 0.05) is 26.1 Å². The first-order valence-corrected chi connectivity index (χ1v) is 5.08. The summed E-state index contributed by atoms with van der Waals surface area (Å²) in [4.78, 5) is 13.0. The van der Waals surface area contributed by atoms with E-state index < -0.39 is 0 Å². The van der Waals surface area contributed by atoms with Crippen molar-refractivity contribution in [2.45, 2.75) is 32.7 Å². The third kappa shape index (κ3) is 2.69. The fourth-order valence-electron chi connectivity index (χ4n) is 1.95. The quantitative estimate of drug-likeness (QED) is 0.690. The van der Waals surface area contributed by atoms with E-state index in [-0.39, 0.29) is 5.91 Å². The molecule has 1 amide bonds. The molecule has 0 spiro atoms. The fraction of sp³-hybridized carbons (Fsp3) is 0.900. The van der Waals surface area contributed by atoms with E-state index in [1.807, 2.05) is 11.9 Å². The fourth-order valence-corrected chi connectivity index (χ4v) is 1.95. The minimum atomic E-state index is 0.218. The van der Waals surface area contributed by atoms with Crippen LogP contribution in [0.4, 0.5) is 0 Å². The topological polar surface area (TPSA) is 32.3 Å². The number of carbonyl (C=O) groups is 1. The van der Waals surface area contributed by atoms with Gasteiger partial charge in [0.25, 0.3) is 0 Å². The second-order valence-electron chi connectivity index (χ2n) is 3.92. The van der Waals surface area contributed by atoms with Gasteiger partial charge in [-0.3, -0.25) is 4.79 Å². The number of hydrogen-bond acceptors (Lipinski definition) is 2. The first-order chi connectivity index (χ1) is 6.15. The molecular formula is C10H20N2O.